The molecule has 1 fully saturated rings. The van der Waals surface area contributed by atoms with Crippen molar-refractivity contribution in [2.75, 3.05) is 0 Å². The van der Waals surface area contributed by atoms with Gasteiger partial charge in [-0.2, -0.15) is 0 Å². The summed E-state index contributed by atoms with van der Waals surface area (Å²) in [7, 11) is -3.95. The summed E-state index contributed by atoms with van der Waals surface area (Å²) in [5, 5.41) is 8.99. The minimum absolute atomic E-state index is 0.0162. The SMILES string of the molecule is N[C@]1(C(=O)O)[C@H](c2cccc(Cl)c2)[C@H]1S(=O)(=O)c1ccc(Cl)cc1. The van der Waals surface area contributed by atoms with Crippen molar-refractivity contribution in [1.29, 1.82) is 0 Å². The number of carbonyl (C=O) groups is 1. The van der Waals surface area contributed by atoms with Crippen LogP contribution >= 0.6 is 23.2 Å². The average Bonchev–Trinajstić information content (AvgIpc) is 3.17. The smallest absolute Gasteiger partial charge is 0.325 e. The Morgan fingerprint density at radius 2 is 1.71 bits per heavy atom. The number of benzene rings is 2. The summed E-state index contributed by atoms with van der Waals surface area (Å²) in [6.45, 7) is 0. The molecule has 0 spiro atoms. The van der Waals surface area contributed by atoms with E-state index in [2.05, 4.69) is 0 Å². The van der Waals surface area contributed by atoms with Crippen LogP contribution in [0.1, 0.15) is 11.5 Å². The molecule has 3 atom stereocenters. The number of carboxylic acids is 1. The molecule has 24 heavy (non-hydrogen) atoms. The quantitative estimate of drug-likeness (QED) is 0.842. The molecule has 0 bridgehead atoms. The second-order valence-electron chi connectivity index (χ2n) is 5.69. The van der Waals surface area contributed by atoms with Gasteiger partial charge in [-0.05, 0) is 42.0 Å². The third kappa shape index (κ3) is 2.59. The Labute approximate surface area is 148 Å². The third-order valence-electron chi connectivity index (χ3n) is 4.23. The minimum atomic E-state index is -3.95. The average molecular weight is 386 g/mol. The highest BCUT2D eigenvalue weighted by molar-refractivity contribution is 7.92. The molecule has 0 heterocycles. The van der Waals surface area contributed by atoms with Crippen molar-refractivity contribution < 1.29 is 18.3 Å². The Morgan fingerprint density at radius 1 is 1.08 bits per heavy atom. The Balaban J connectivity index is 2.08. The number of halogens is 2. The number of aliphatic carboxylic acids is 1. The summed E-state index contributed by atoms with van der Waals surface area (Å²) in [6, 6.07) is 12.0. The molecule has 1 aliphatic rings. The summed E-state index contributed by atoms with van der Waals surface area (Å²) in [5.74, 6) is -2.25. The van der Waals surface area contributed by atoms with Crippen LogP contribution in [0.25, 0.3) is 0 Å². The van der Waals surface area contributed by atoms with Crippen molar-refractivity contribution >= 4 is 39.0 Å². The van der Waals surface area contributed by atoms with Crippen LogP contribution in [0.2, 0.25) is 10.0 Å². The van der Waals surface area contributed by atoms with Gasteiger partial charge in [0.25, 0.3) is 0 Å². The van der Waals surface area contributed by atoms with Crippen molar-refractivity contribution in [3.05, 3.63) is 64.1 Å². The molecule has 0 aromatic heterocycles. The Morgan fingerprint density at radius 3 is 2.25 bits per heavy atom. The van der Waals surface area contributed by atoms with Gasteiger partial charge < -0.3 is 10.8 Å². The van der Waals surface area contributed by atoms with Crippen LogP contribution in [-0.4, -0.2) is 30.3 Å². The molecule has 2 aromatic rings. The van der Waals surface area contributed by atoms with Gasteiger partial charge in [-0.15, -0.1) is 0 Å². The fourth-order valence-corrected chi connectivity index (χ4v) is 5.54. The van der Waals surface area contributed by atoms with Crippen LogP contribution in [-0.2, 0) is 14.6 Å². The maximum Gasteiger partial charge on any atom is 0.325 e. The van der Waals surface area contributed by atoms with Crippen LogP contribution < -0.4 is 5.73 Å². The van der Waals surface area contributed by atoms with Gasteiger partial charge >= 0.3 is 5.97 Å². The predicted molar refractivity (Wildman–Crippen MR) is 91.2 cm³/mol. The van der Waals surface area contributed by atoms with Gasteiger partial charge in [0.2, 0.25) is 0 Å². The Hall–Kier alpha value is -1.60. The highest BCUT2D eigenvalue weighted by Crippen LogP contribution is 2.56. The number of hydrogen-bond acceptors (Lipinski definition) is 4. The molecule has 0 unspecified atom stereocenters. The van der Waals surface area contributed by atoms with Crippen LogP contribution in [0.15, 0.2) is 53.4 Å². The van der Waals surface area contributed by atoms with E-state index < -0.39 is 32.5 Å². The van der Waals surface area contributed by atoms with E-state index >= 15 is 0 Å². The largest absolute Gasteiger partial charge is 0.480 e. The molecule has 0 aliphatic heterocycles. The summed E-state index contributed by atoms with van der Waals surface area (Å²) in [6.07, 6.45) is 0. The lowest BCUT2D eigenvalue weighted by Gasteiger charge is -2.07. The van der Waals surface area contributed by atoms with Crippen molar-refractivity contribution in [2.24, 2.45) is 5.73 Å². The molecule has 3 rings (SSSR count). The zero-order valence-corrected chi connectivity index (χ0v) is 14.5. The summed E-state index contributed by atoms with van der Waals surface area (Å²) in [5.41, 5.74) is 4.55. The molecule has 0 radical (unpaired) electrons. The van der Waals surface area contributed by atoms with Crippen LogP contribution in [0, 0.1) is 0 Å². The molecule has 2 aromatic carbocycles. The maximum absolute atomic E-state index is 12.9. The van der Waals surface area contributed by atoms with Gasteiger partial charge in [0.15, 0.2) is 9.84 Å². The topological polar surface area (TPSA) is 97.5 Å². The number of sulfone groups is 1. The summed E-state index contributed by atoms with van der Waals surface area (Å²) < 4.78 is 25.8. The lowest BCUT2D eigenvalue weighted by Crippen LogP contribution is -2.39. The first-order chi connectivity index (χ1) is 11.2. The monoisotopic (exact) mass is 385 g/mol. The first kappa shape index (κ1) is 17.2. The van der Waals surface area contributed by atoms with E-state index in [9.17, 15) is 18.3 Å². The van der Waals surface area contributed by atoms with Crippen molar-refractivity contribution in [3.8, 4) is 0 Å². The predicted octanol–water partition coefficient (Wildman–Crippen LogP) is 2.72. The second-order valence-corrected chi connectivity index (χ2v) is 8.63. The van der Waals surface area contributed by atoms with Crippen LogP contribution in [0.5, 0.6) is 0 Å². The van der Waals surface area contributed by atoms with E-state index in [4.69, 9.17) is 28.9 Å². The lowest BCUT2D eigenvalue weighted by atomic mass is 10.1. The first-order valence-electron chi connectivity index (χ1n) is 6.96. The number of hydrogen-bond donors (Lipinski definition) is 2. The fraction of sp³-hybridized carbons (Fsp3) is 0.188. The normalized spacial score (nSPS) is 26.1. The molecule has 1 saturated carbocycles. The summed E-state index contributed by atoms with van der Waals surface area (Å²) in [4.78, 5) is 11.6. The minimum Gasteiger partial charge on any atom is -0.480 e. The number of nitrogens with two attached hydrogens (primary N) is 1. The van der Waals surface area contributed by atoms with E-state index in [0.29, 0.717) is 15.6 Å². The van der Waals surface area contributed by atoms with E-state index in [1.54, 1.807) is 18.2 Å². The van der Waals surface area contributed by atoms with Gasteiger partial charge in [0, 0.05) is 16.0 Å². The molecule has 3 N–H and O–H groups in total. The van der Waals surface area contributed by atoms with E-state index in [1.807, 2.05) is 0 Å². The van der Waals surface area contributed by atoms with Gasteiger partial charge in [-0.3, -0.25) is 4.79 Å². The molecule has 126 valence electrons. The van der Waals surface area contributed by atoms with Crippen molar-refractivity contribution in [2.45, 2.75) is 21.6 Å². The Kier molecular flexibility index (Phi) is 4.12. The highest BCUT2D eigenvalue weighted by atomic mass is 35.5. The van der Waals surface area contributed by atoms with E-state index in [0.717, 1.165) is 0 Å². The summed E-state index contributed by atoms with van der Waals surface area (Å²) >= 11 is 11.7. The van der Waals surface area contributed by atoms with Crippen molar-refractivity contribution in [3.63, 3.8) is 0 Å². The molecular weight excluding hydrogens is 373 g/mol. The first-order valence-corrected chi connectivity index (χ1v) is 9.26. The number of carboxylic acid groups (broad SMARTS) is 1. The van der Waals surface area contributed by atoms with Gasteiger partial charge in [-0.1, -0.05) is 35.3 Å². The third-order valence-corrected chi connectivity index (χ3v) is 6.98. The molecule has 0 saturated heterocycles. The van der Waals surface area contributed by atoms with Crippen molar-refractivity contribution in [1.82, 2.24) is 0 Å². The zero-order chi connectivity index (χ0) is 17.7. The maximum atomic E-state index is 12.9. The van der Waals surface area contributed by atoms with E-state index in [-0.39, 0.29) is 4.90 Å². The molecule has 0 amide bonds. The van der Waals surface area contributed by atoms with Gasteiger partial charge in [0.05, 0.1) is 4.90 Å². The highest BCUT2D eigenvalue weighted by Gasteiger charge is 2.74. The standard InChI is InChI=1S/C16H13Cl2NO4S/c17-10-4-6-12(7-5-10)24(22,23)14-13(16(14,19)15(20)21)9-2-1-3-11(18)8-9/h1-8,13-14H,19H2,(H,20,21)/t13-,14-,16-/m1/s1. The van der Waals surface area contributed by atoms with Crippen LogP contribution in [0.4, 0.5) is 0 Å². The van der Waals surface area contributed by atoms with Gasteiger partial charge in [0.1, 0.15) is 10.8 Å². The molecule has 5 nitrogen and oxygen atoms in total. The Bertz CT molecular complexity index is 914. The van der Waals surface area contributed by atoms with Crippen LogP contribution in [0.3, 0.4) is 0 Å². The number of rotatable bonds is 4. The molecule has 1 aliphatic carbocycles. The van der Waals surface area contributed by atoms with Gasteiger partial charge in [-0.25, -0.2) is 8.42 Å². The zero-order valence-electron chi connectivity index (χ0n) is 12.2. The fourth-order valence-electron chi connectivity index (χ4n) is 2.99. The second kappa shape index (κ2) is 5.74. The molecular formula is C16H13Cl2NO4S. The van der Waals surface area contributed by atoms with E-state index in [1.165, 1.54) is 30.3 Å². The lowest BCUT2D eigenvalue weighted by molar-refractivity contribution is -0.139. The molecule has 8 heteroatoms.